The van der Waals surface area contributed by atoms with Gasteiger partial charge >= 0.3 is 29.2 Å². The lowest BCUT2D eigenvalue weighted by atomic mass is 10.1. The van der Waals surface area contributed by atoms with Gasteiger partial charge in [0.25, 0.3) is 0 Å². The molecule has 172 valence electrons. The molecule has 2 rings (SSSR count). The van der Waals surface area contributed by atoms with Crippen molar-refractivity contribution in [3.8, 4) is 0 Å². The van der Waals surface area contributed by atoms with E-state index in [1.54, 1.807) is 0 Å². The van der Waals surface area contributed by atoms with E-state index in [0.29, 0.717) is 4.57 Å². The average molecular weight is 497 g/mol. The molecule has 0 aliphatic carbocycles. The van der Waals surface area contributed by atoms with E-state index < -0.39 is 66.7 Å². The number of phosphoric acid groups is 3. The fourth-order valence-corrected chi connectivity index (χ4v) is 3.95. The van der Waals surface area contributed by atoms with Gasteiger partial charge in [-0.15, -0.1) is 0 Å². The highest BCUT2D eigenvalue weighted by Gasteiger charge is 2.52. The lowest BCUT2D eigenvalue weighted by Gasteiger charge is -2.30. The Morgan fingerprint density at radius 1 is 1.13 bits per heavy atom. The molecule has 0 unspecified atom stereocenters. The predicted molar refractivity (Wildman–Crippen MR) is 93.3 cm³/mol. The molecule has 20 heteroatoms. The van der Waals surface area contributed by atoms with Gasteiger partial charge in [-0.05, 0) is 6.07 Å². The Morgan fingerprint density at radius 3 is 2.23 bits per heavy atom. The molecule has 0 bridgehead atoms. The van der Waals surface area contributed by atoms with Crippen molar-refractivity contribution in [3.63, 3.8) is 0 Å². The zero-order valence-corrected chi connectivity index (χ0v) is 17.4. The second kappa shape index (κ2) is 8.84. The number of nitrogens with zero attached hydrogens (tertiary/aromatic N) is 2. The van der Waals surface area contributed by atoms with Crippen LogP contribution in [-0.2, 0) is 37.7 Å². The number of nitrogens with two attached hydrogens (primary N) is 1. The van der Waals surface area contributed by atoms with Crippen LogP contribution < -0.4 is 11.4 Å². The molecule has 1 aromatic rings. The van der Waals surface area contributed by atoms with Crippen molar-refractivity contribution >= 4 is 29.3 Å². The van der Waals surface area contributed by atoms with Crippen LogP contribution in [-0.4, -0.2) is 64.3 Å². The SMILES string of the molecule is Nc1ccn([C@@]2(COP(=O)(O)O)C[C@H](OP(=O)(O)O)[C@@H](COP(=O)(O)O)O2)c(=O)n1. The molecule has 0 amide bonds. The van der Waals surface area contributed by atoms with E-state index in [4.69, 9.17) is 39.8 Å². The Labute approximate surface area is 167 Å². The number of aromatic nitrogens is 2. The first-order valence-electron chi connectivity index (χ1n) is 7.67. The molecule has 0 saturated carbocycles. The molecule has 2 heterocycles. The number of phosphoric ester groups is 3. The zero-order chi connectivity index (χ0) is 23.0. The fourth-order valence-electron chi connectivity index (χ4n) is 2.67. The van der Waals surface area contributed by atoms with Gasteiger partial charge < -0.3 is 39.8 Å². The number of rotatable bonds is 9. The summed E-state index contributed by atoms with van der Waals surface area (Å²) in [5, 5.41) is 0. The van der Waals surface area contributed by atoms with Gasteiger partial charge in [0.1, 0.15) is 24.6 Å². The van der Waals surface area contributed by atoms with Crippen LogP contribution in [0.4, 0.5) is 5.82 Å². The molecule has 0 radical (unpaired) electrons. The summed E-state index contributed by atoms with van der Waals surface area (Å²) in [6.45, 7) is -2.01. The molecule has 1 saturated heterocycles. The summed E-state index contributed by atoms with van der Waals surface area (Å²) in [5.74, 6) is -0.218. The molecule has 0 aromatic carbocycles. The van der Waals surface area contributed by atoms with Gasteiger partial charge in [-0.25, -0.2) is 18.5 Å². The largest absolute Gasteiger partial charge is 0.469 e. The maximum Gasteiger partial charge on any atom is 0.469 e. The first kappa shape index (κ1) is 25.2. The molecule has 17 nitrogen and oxygen atoms in total. The van der Waals surface area contributed by atoms with E-state index in [1.165, 1.54) is 0 Å². The van der Waals surface area contributed by atoms with Crippen molar-refractivity contribution in [2.45, 2.75) is 24.4 Å². The number of hydrogen-bond donors (Lipinski definition) is 7. The van der Waals surface area contributed by atoms with Crippen molar-refractivity contribution < 1.29 is 61.4 Å². The Balaban J connectivity index is 2.48. The maximum absolute atomic E-state index is 12.3. The van der Waals surface area contributed by atoms with Crippen molar-refractivity contribution in [3.05, 3.63) is 22.7 Å². The molecule has 3 atom stereocenters. The molecule has 0 spiro atoms. The van der Waals surface area contributed by atoms with Crippen LogP contribution in [0.2, 0.25) is 0 Å². The molecule has 1 aliphatic heterocycles. The highest BCUT2D eigenvalue weighted by Crippen LogP contribution is 2.48. The van der Waals surface area contributed by atoms with Crippen LogP contribution in [0.5, 0.6) is 0 Å². The Bertz CT molecular complexity index is 966. The van der Waals surface area contributed by atoms with Gasteiger partial charge in [0, 0.05) is 12.6 Å². The predicted octanol–water partition coefficient (Wildman–Crippen LogP) is -2.04. The van der Waals surface area contributed by atoms with E-state index in [2.05, 4.69) is 18.6 Å². The topological polar surface area (TPSA) is 270 Å². The minimum absolute atomic E-state index is 0.218. The minimum atomic E-state index is -5.18. The standard InChI is InChI=1S/C10H18N3O14P3/c11-8-1-2-13(9(14)12-8)10(5-25-29(18,19)20)3-6(27-30(21,22)23)7(26-10)4-24-28(15,16)17/h1-2,6-7H,3-5H2,(H2,11,12,14)(H2,15,16,17)(H2,18,19,20)(H2,21,22,23)/t6-,7+,10-/m0/s1. The number of ether oxygens (including phenoxy) is 1. The van der Waals surface area contributed by atoms with Gasteiger partial charge in [0.15, 0.2) is 5.72 Å². The summed E-state index contributed by atoms with van der Waals surface area (Å²) in [5.41, 5.74) is 2.14. The van der Waals surface area contributed by atoms with Crippen molar-refractivity contribution in [2.24, 2.45) is 0 Å². The highest BCUT2D eigenvalue weighted by atomic mass is 31.2. The Morgan fingerprint density at radius 2 is 1.73 bits per heavy atom. The summed E-state index contributed by atoms with van der Waals surface area (Å²) in [4.78, 5) is 69.6. The van der Waals surface area contributed by atoms with E-state index in [0.717, 1.165) is 12.3 Å². The smallest absolute Gasteiger partial charge is 0.383 e. The van der Waals surface area contributed by atoms with Gasteiger partial charge in [-0.3, -0.25) is 18.1 Å². The number of nitrogen functional groups attached to an aromatic ring is 1. The highest BCUT2D eigenvalue weighted by molar-refractivity contribution is 7.46. The number of anilines is 1. The third-order valence-corrected chi connectivity index (χ3v) is 5.20. The quantitative estimate of drug-likeness (QED) is 0.181. The van der Waals surface area contributed by atoms with Gasteiger partial charge in [0.05, 0.1) is 6.61 Å². The molecular formula is C10H18N3O14P3. The van der Waals surface area contributed by atoms with Gasteiger partial charge in [0.2, 0.25) is 0 Å². The van der Waals surface area contributed by atoms with Crippen molar-refractivity contribution in [1.82, 2.24) is 9.55 Å². The monoisotopic (exact) mass is 497 g/mol. The molecule has 8 N–H and O–H groups in total. The first-order chi connectivity index (χ1) is 13.5. The summed E-state index contributed by atoms with van der Waals surface area (Å²) >= 11 is 0. The lowest BCUT2D eigenvalue weighted by Crippen LogP contribution is -2.45. The van der Waals surface area contributed by atoms with Crippen LogP contribution in [0, 0.1) is 0 Å². The van der Waals surface area contributed by atoms with E-state index in [1.807, 2.05) is 0 Å². The van der Waals surface area contributed by atoms with Crippen LogP contribution in [0.3, 0.4) is 0 Å². The second-order valence-electron chi connectivity index (χ2n) is 6.00. The Hall–Kier alpha value is -1.03. The summed E-state index contributed by atoms with van der Waals surface area (Å²) in [6.07, 6.45) is -2.93. The number of hydrogen-bond acceptors (Lipinski definition) is 10. The maximum atomic E-state index is 12.3. The third kappa shape index (κ3) is 7.28. The molecule has 1 fully saturated rings. The summed E-state index contributed by atoms with van der Waals surface area (Å²) < 4.78 is 52.8. The van der Waals surface area contributed by atoms with Crippen molar-refractivity contribution in [1.29, 1.82) is 0 Å². The van der Waals surface area contributed by atoms with E-state index in [-0.39, 0.29) is 5.82 Å². The van der Waals surface area contributed by atoms with E-state index in [9.17, 15) is 18.5 Å². The summed E-state index contributed by atoms with van der Waals surface area (Å²) in [6, 6.07) is 1.11. The normalized spacial score (nSPS) is 25.5. The van der Waals surface area contributed by atoms with Crippen LogP contribution in [0.15, 0.2) is 17.1 Å². The lowest BCUT2D eigenvalue weighted by molar-refractivity contribution is -0.139. The third-order valence-electron chi connectivity index (χ3n) is 3.71. The first-order valence-corrected chi connectivity index (χ1v) is 12.3. The van der Waals surface area contributed by atoms with Crippen LogP contribution in [0.1, 0.15) is 6.42 Å². The minimum Gasteiger partial charge on any atom is -0.383 e. The molecule has 1 aliphatic rings. The fraction of sp³-hybridized carbons (Fsp3) is 0.600. The molecule has 30 heavy (non-hydrogen) atoms. The van der Waals surface area contributed by atoms with Crippen molar-refractivity contribution in [2.75, 3.05) is 18.9 Å². The Kier molecular flexibility index (Phi) is 7.44. The average Bonchev–Trinajstić information content (AvgIpc) is 2.86. The summed E-state index contributed by atoms with van der Waals surface area (Å²) in [7, 11) is -15.4. The van der Waals surface area contributed by atoms with Gasteiger partial charge in [-0.2, -0.15) is 4.98 Å². The van der Waals surface area contributed by atoms with Crippen LogP contribution >= 0.6 is 23.5 Å². The second-order valence-corrected chi connectivity index (χ2v) is 9.67. The van der Waals surface area contributed by atoms with Gasteiger partial charge in [-0.1, -0.05) is 0 Å². The molecular weight excluding hydrogens is 479 g/mol. The zero-order valence-electron chi connectivity index (χ0n) is 14.7. The van der Waals surface area contributed by atoms with E-state index >= 15 is 0 Å². The molecule has 1 aromatic heterocycles. The van der Waals surface area contributed by atoms with Crippen LogP contribution in [0.25, 0.3) is 0 Å².